The molecule has 0 unspecified atom stereocenters. The van der Waals surface area contributed by atoms with Crippen LogP contribution in [-0.2, 0) is 0 Å². The zero-order valence-electron chi connectivity index (χ0n) is 13.4. The summed E-state index contributed by atoms with van der Waals surface area (Å²) in [6.07, 6.45) is 0. The lowest BCUT2D eigenvalue weighted by molar-refractivity contribution is 1.28. The molecule has 0 amide bonds. The third-order valence-electron chi connectivity index (χ3n) is 2.80. The number of hydrogen-bond acceptors (Lipinski definition) is 1. The Morgan fingerprint density at radius 1 is 0.526 bits per heavy atom. The van der Waals surface area contributed by atoms with Crippen molar-refractivity contribution < 1.29 is 4.11 Å². The number of nitrogens with zero attached hydrogens (tertiary/aromatic N) is 1. The van der Waals surface area contributed by atoms with E-state index in [2.05, 4.69) is 0 Å². The molecule has 92 valence electrons. The quantitative estimate of drug-likeness (QED) is 0.619. The number of benzene rings is 3. The van der Waals surface area contributed by atoms with Gasteiger partial charge in [-0.2, -0.15) is 0 Å². The zero-order chi connectivity index (χ0) is 15.5. The Kier molecular flexibility index (Phi) is 2.43. The Bertz CT molecular complexity index is 693. The SMILES string of the molecule is [2H]c1ccccc1N(c1ccccc1[2H])c1ccccc1[2H]. The highest BCUT2D eigenvalue weighted by Gasteiger charge is 2.10. The largest absolute Gasteiger partial charge is 0.311 e. The standard InChI is InChI=1S/C18H15N/c1-4-10-16(11-5-1)19(17-12-6-2-7-13-17)18-14-8-3-9-15-18/h1-15H/i10D,12D,14D. The minimum Gasteiger partial charge on any atom is -0.311 e. The Morgan fingerprint density at radius 3 is 1.21 bits per heavy atom. The van der Waals surface area contributed by atoms with Crippen LogP contribution in [0.1, 0.15) is 4.11 Å². The van der Waals surface area contributed by atoms with Crippen LogP contribution in [0.25, 0.3) is 0 Å². The van der Waals surface area contributed by atoms with Crippen molar-refractivity contribution in [1.82, 2.24) is 0 Å². The highest BCUT2D eigenvalue weighted by molar-refractivity contribution is 5.76. The lowest BCUT2D eigenvalue weighted by Crippen LogP contribution is -2.09. The second-order valence-corrected chi connectivity index (χ2v) is 4.08. The van der Waals surface area contributed by atoms with E-state index in [1.807, 2.05) is 54.6 Å². The summed E-state index contributed by atoms with van der Waals surface area (Å²) in [7, 11) is 0. The number of para-hydroxylation sites is 3. The van der Waals surface area contributed by atoms with Gasteiger partial charge < -0.3 is 4.90 Å². The molecular formula is C18H15N. The Balaban J connectivity index is 2.27. The van der Waals surface area contributed by atoms with E-state index in [0.29, 0.717) is 35.2 Å². The van der Waals surface area contributed by atoms with Gasteiger partial charge in [0, 0.05) is 17.1 Å². The molecule has 0 aromatic heterocycles. The number of hydrogen-bond donors (Lipinski definition) is 0. The first-order valence-corrected chi connectivity index (χ1v) is 6.15. The molecule has 1 heteroatoms. The smallest absolute Gasteiger partial charge is 0.0645 e. The maximum atomic E-state index is 8.18. The van der Waals surface area contributed by atoms with Gasteiger partial charge in [-0.3, -0.25) is 0 Å². The Hall–Kier alpha value is -2.54. The van der Waals surface area contributed by atoms with E-state index in [1.165, 1.54) is 0 Å². The summed E-state index contributed by atoms with van der Waals surface area (Å²) in [5.41, 5.74) is 1.96. The van der Waals surface area contributed by atoms with Crippen molar-refractivity contribution in [2.24, 2.45) is 0 Å². The lowest BCUT2D eigenvalue weighted by Gasteiger charge is -2.25. The van der Waals surface area contributed by atoms with Gasteiger partial charge in [-0.05, 0) is 36.3 Å². The molecule has 0 spiro atoms. The van der Waals surface area contributed by atoms with E-state index >= 15 is 0 Å². The molecule has 0 radical (unpaired) electrons. The van der Waals surface area contributed by atoms with Crippen molar-refractivity contribution in [2.45, 2.75) is 0 Å². The predicted molar refractivity (Wildman–Crippen MR) is 81.1 cm³/mol. The summed E-state index contributed by atoms with van der Waals surface area (Å²) in [5.74, 6) is 0. The van der Waals surface area contributed by atoms with Gasteiger partial charge >= 0.3 is 0 Å². The topological polar surface area (TPSA) is 3.24 Å². The minimum atomic E-state index is 0.356. The van der Waals surface area contributed by atoms with Gasteiger partial charge in [0.15, 0.2) is 0 Å². The average Bonchev–Trinajstić information content (AvgIpc) is 2.53. The van der Waals surface area contributed by atoms with Crippen molar-refractivity contribution >= 4 is 17.1 Å². The monoisotopic (exact) mass is 248 g/mol. The first-order valence-electron chi connectivity index (χ1n) is 7.65. The van der Waals surface area contributed by atoms with Crippen LogP contribution in [0.2, 0.25) is 0 Å². The highest BCUT2D eigenvalue weighted by Crippen LogP contribution is 2.33. The summed E-state index contributed by atoms with van der Waals surface area (Å²) < 4.78 is 24.5. The van der Waals surface area contributed by atoms with Gasteiger partial charge in [-0.25, -0.2) is 0 Å². The molecule has 0 aliphatic heterocycles. The Labute approximate surface area is 118 Å². The first kappa shape index (κ1) is 8.54. The van der Waals surface area contributed by atoms with Gasteiger partial charge in [0.25, 0.3) is 0 Å². The lowest BCUT2D eigenvalue weighted by atomic mass is 10.2. The fourth-order valence-corrected chi connectivity index (χ4v) is 1.96. The first-order chi connectivity index (χ1) is 10.7. The van der Waals surface area contributed by atoms with Crippen LogP contribution in [0.15, 0.2) is 90.9 Å². The molecule has 0 aliphatic carbocycles. The van der Waals surface area contributed by atoms with Crippen LogP contribution in [0.5, 0.6) is 0 Å². The Morgan fingerprint density at radius 2 is 0.895 bits per heavy atom. The number of rotatable bonds is 3. The molecule has 0 bridgehead atoms. The van der Waals surface area contributed by atoms with Gasteiger partial charge in [-0.15, -0.1) is 0 Å². The van der Waals surface area contributed by atoms with Crippen LogP contribution >= 0.6 is 0 Å². The van der Waals surface area contributed by atoms with Gasteiger partial charge in [0.05, 0.1) is 4.11 Å². The summed E-state index contributed by atoms with van der Waals surface area (Å²) in [4.78, 5) is 1.80. The van der Waals surface area contributed by atoms with Crippen molar-refractivity contribution in [3.05, 3.63) is 90.9 Å². The van der Waals surface area contributed by atoms with Gasteiger partial charge in [-0.1, -0.05) is 54.6 Å². The second kappa shape index (κ2) is 5.40. The maximum Gasteiger partial charge on any atom is 0.0645 e. The van der Waals surface area contributed by atoms with E-state index in [9.17, 15) is 0 Å². The number of anilines is 3. The summed E-state index contributed by atoms with van der Waals surface area (Å²) >= 11 is 0. The van der Waals surface area contributed by atoms with E-state index < -0.39 is 0 Å². The van der Waals surface area contributed by atoms with Crippen molar-refractivity contribution in [2.75, 3.05) is 4.90 Å². The molecule has 0 N–H and O–H groups in total. The predicted octanol–water partition coefficient (Wildman–Crippen LogP) is 5.16. The molecule has 0 heterocycles. The molecule has 0 saturated heterocycles. The van der Waals surface area contributed by atoms with E-state index in [0.717, 1.165) is 0 Å². The van der Waals surface area contributed by atoms with Crippen molar-refractivity contribution in [1.29, 1.82) is 0 Å². The molecule has 0 fully saturated rings. The van der Waals surface area contributed by atoms with Crippen LogP contribution in [0.3, 0.4) is 0 Å². The molecule has 19 heavy (non-hydrogen) atoms. The molecular weight excluding hydrogens is 230 g/mol. The molecule has 3 rings (SSSR count). The minimum absolute atomic E-state index is 0.356. The third kappa shape index (κ3) is 2.50. The molecule has 1 nitrogen and oxygen atoms in total. The summed E-state index contributed by atoms with van der Waals surface area (Å²) in [5, 5.41) is 0. The fraction of sp³-hybridized carbons (Fsp3) is 0. The van der Waals surface area contributed by atoms with Gasteiger partial charge in [0.1, 0.15) is 0 Å². The maximum absolute atomic E-state index is 8.18. The molecule has 3 aromatic carbocycles. The molecule has 3 aromatic rings. The van der Waals surface area contributed by atoms with Crippen LogP contribution < -0.4 is 4.90 Å². The van der Waals surface area contributed by atoms with E-state index in [4.69, 9.17) is 4.11 Å². The zero-order valence-corrected chi connectivity index (χ0v) is 10.4. The highest BCUT2D eigenvalue weighted by atomic mass is 15.1. The van der Waals surface area contributed by atoms with Crippen LogP contribution in [0, 0.1) is 0 Å². The average molecular weight is 248 g/mol. The van der Waals surface area contributed by atoms with E-state index in [1.54, 1.807) is 23.1 Å². The summed E-state index contributed by atoms with van der Waals surface area (Å²) in [6, 6.07) is 22.7. The van der Waals surface area contributed by atoms with Crippen LogP contribution in [0.4, 0.5) is 17.1 Å². The van der Waals surface area contributed by atoms with Crippen molar-refractivity contribution in [3.8, 4) is 0 Å². The normalized spacial score (nSPS) is 12.3. The van der Waals surface area contributed by atoms with E-state index in [-0.39, 0.29) is 0 Å². The second-order valence-electron chi connectivity index (χ2n) is 4.08. The summed E-state index contributed by atoms with van der Waals surface area (Å²) in [6.45, 7) is 0. The van der Waals surface area contributed by atoms with Crippen molar-refractivity contribution in [3.63, 3.8) is 0 Å². The van der Waals surface area contributed by atoms with Gasteiger partial charge in [0.2, 0.25) is 0 Å². The van der Waals surface area contributed by atoms with Crippen LogP contribution in [-0.4, -0.2) is 0 Å². The molecule has 0 aliphatic rings. The molecule has 0 saturated carbocycles. The fourth-order valence-electron chi connectivity index (χ4n) is 1.96. The molecule has 0 atom stereocenters. The third-order valence-corrected chi connectivity index (χ3v) is 2.80.